The molecule has 0 spiro atoms. The lowest BCUT2D eigenvalue weighted by Gasteiger charge is -2.05. The standard InChI is InChI=1S/C18H16ClNO3S2/c19-17-13-4-1-2-5-14(13)25-15(17)10-23-16(21)6-3-8-20-18(22)12-7-9-24-11-12/h1-2,4-5,7,9,11H,3,6,8,10H2,(H,20,22). The van der Waals surface area contributed by atoms with Gasteiger partial charge in [-0.3, -0.25) is 9.59 Å². The third kappa shape index (κ3) is 4.60. The first kappa shape index (κ1) is 17.9. The normalized spacial score (nSPS) is 10.8. The van der Waals surface area contributed by atoms with E-state index in [2.05, 4.69) is 5.32 Å². The molecule has 1 N–H and O–H groups in total. The van der Waals surface area contributed by atoms with Crippen molar-refractivity contribution in [3.8, 4) is 0 Å². The monoisotopic (exact) mass is 393 g/mol. The molecular weight excluding hydrogens is 378 g/mol. The van der Waals surface area contributed by atoms with Crippen LogP contribution < -0.4 is 5.32 Å². The molecule has 0 aliphatic rings. The molecule has 0 saturated heterocycles. The van der Waals surface area contributed by atoms with Gasteiger partial charge >= 0.3 is 5.97 Å². The summed E-state index contributed by atoms with van der Waals surface area (Å²) >= 11 is 9.33. The SMILES string of the molecule is O=C(CCCNC(=O)c1ccsc1)OCc1sc2ccccc2c1Cl. The number of nitrogens with one attached hydrogen (secondary N) is 1. The van der Waals surface area contributed by atoms with Crippen molar-refractivity contribution in [1.29, 1.82) is 0 Å². The molecule has 0 aliphatic heterocycles. The van der Waals surface area contributed by atoms with E-state index in [1.807, 2.05) is 29.6 Å². The minimum atomic E-state index is -0.293. The molecule has 2 heterocycles. The molecule has 0 unspecified atom stereocenters. The van der Waals surface area contributed by atoms with Gasteiger partial charge in [0.15, 0.2) is 0 Å². The van der Waals surface area contributed by atoms with E-state index in [4.69, 9.17) is 16.3 Å². The second-order valence-electron chi connectivity index (χ2n) is 5.37. The molecule has 4 nitrogen and oxygen atoms in total. The maximum absolute atomic E-state index is 11.8. The number of ether oxygens (including phenoxy) is 1. The molecule has 0 bridgehead atoms. The predicted octanol–water partition coefficient (Wildman–Crippen LogP) is 4.87. The number of amides is 1. The van der Waals surface area contributed by atoms with Gasteiger partial charge in [0.05, 0.1) is 9.90 Å². The lowest BCUT2D eigenvalue weighted by Crippen LogP contribution is -2.24. The summed E-state index contributed by atoms with van der Waals surface area (Å²) in [5.74, 6) is -0.412. The number of benzene rings is 1. The quantitative estimate of drug-likeness (QED) is 0.460. The van der Waals surface area contributed by atoms with Crippen molar-refractivity contribution in [2.24, 2.45) is 0 Å². The first-order valence-corrected chi connectivity index (χ1v) is 9.91. The zero-order chi connectivity index (χ0) is 17.6. The topological polar surface area (TPSA) is 55.4 Å². The molecule has 25 heavy (non-hydrogen) atoms. The summed E-state index contributed by atoms with van der Waals surface area (Å²) in [6, 6.07) is 9.60. The Kier molecular flexibility index (Phi) is 6.07. The zero-order valence-corrected chi connectivity index (χ0v) is 15.7. The van der Waals surface area contributed by atoms with Crippen LogP contribution in [0, 0.1) is 0 Å². The Morgan fingerprint density at radius 2 is 2.04 bits per heavy atom. The molecular formula is C18H16ClNO3S2. The molecule has 0 fully saturated rings. The number of hydrogen-bond donors (Lipinski definition) is 1. The van der Waals surface area contributed by atoms with Crippen LogP contribution in [0.15, 0.2) is 41.1 Å². The predicted molar refractivity (Wildman–Crippen MR) is 103 cm³/mol. The lowest BCUT2D eigenvalue weighted by molar-refractivity contribution is -0.144. The van der Waals surface area contributed by atoms with Gasteiger partial charge in [-0.15, -0.1) is 11.3 Å². The third-order valence-electron chi connectivity index (χ3n) is 3.59. The summed E-state index contributed by atoms with van der Waals surface area (Å²) in [4.78, 5) is 24.4. The Bertz CT molecular complexity index is 874. The highest BCUT2D eigenvalue weighted by molar-refractivity contribution is 7.19. The van der Waals surface area contributed by atoms with E-state index in [0.717, 1.165) is 15.0 Å². The van der Waals surface area contributed by atoms with Gasteiger partial charge in [-0.1, -0.05) is 29.8 Å². The van der Waals surface area contributed by atoms with Crippen LogP contribution in [-0.2, 0) is 16.1 Å². The summed E-state index contributed by atoms with van der Waals surface area (Å²) < 4.78 is 6.37. The number of rotatable bonds is 7. The molecule has 7 heteroatoms. The van der Waals surface area contributed by atoms with Crippen molar-refractivity contribution < 1.29 is 14.3 Å². The van der Waals surface area contributed by atoms with E-state index in [-0.39, 0.29) is 24.9 Å². The van der Waals surface area contributed by atoms with E-state index < -0.39 is 0 Å². The van der Waals surface area contributed by atoms with Crippen molar-refractivity contribution in [3.05, 3.63) is 56.6 Å². The molecule has 0 radical (unpaired) electrons. The van der Waals surface area contributed by atoms with Gasteiger partial charge in [0, 0.05) is 34.0 Å². The summed E-state index contributed by atoms with van der Waals surface area (Å²) in [6.45, 7) is 0.617. The molecule has 2 aromatic heterocycles. The van der Waals surface area contributed by atoms with Crippen LogP contribution in [0.25, 0.3) is 10.1 Å². The van der Waals surface area contributed by atoms with Gasteiger partial charge in [-0.25, -0.2) is 0 Å². The van der Waals surface area contributed by atoms with Crippen molar-refractivity contribution >= 4 is 56.2 Å². The highest BCUT2D eigenvalue weighted by Gasteiger charge is 2.12. The minimum absolute atomic E-state index is 0.119. The van der Waals surface area contributed by atoms with E-state index in [1.165, 1.54) is 22.7 Å². The van der Waals surface area contributed by atoms with Crippen molar-refractivity contribution in [2.75, 3.05) is 6.54 Å². The van der Waals surface area contributed by atoms with Crippen LogP contribution in [0.5, 0.6) is 0 Å². The van der Waals surface area contributed by atoms with Crippen LogP contribution in [0.1, 0.15) is 28.1 Å². The van der Waals surface area contributed by atoms with Gasteiger partial charge in [0.2, 0.25) is 0 Å². The number of carbonyl (C=O) groups excluding carboxylic acids is 2. The van der Waals surface area contributed by atoms with E-state index in [9.17, 15) is 9.59 Å². The Labute approximate surface area is 158 Å². The number of hydrogen-bond acceptors (Lipinski definition) is 5. The lowest BCUT2D eigenvalue weighted by atomic mass is 10.2. The maximum Gasteiger partial charge on any atom is 0.306 e. The largest absolute Gasteiger partial charge is 0.460 e. The van der Waals surface area contributed by atoms with Crippen molar-refractivity contribution in [1.82, 2.24) is 5.32 Å². The molecule has 3 aromatic rings. The average molecular weight is 394 g/mol. The molecule has 130 valence electrons. The second-order valence-corrected chi connectivity index (χ2v) is 7.66. The summed E-state index contributed by atoms with van der Waals surface area (Å²) in [6.07, 6.45) is 0.793. The number of fused-ring (bicyclic) bond motifs is 1. The van der Waals surface area contributed by atoms with Crippen LogP contribution >= 0.6 is 34.3 Å². The van der Waals surface area contributed by atoms with Gasteiger partial charge in [-0.2, -0.15) is 11.3 Å². The second kappa shape index (κ2) is 8.47. The van der Waals surface area contributed by atoms with Crippen LogP contribution in [0.3, 0.4) is 0 Å². The number of esters is 1. The molecule has 1 amide bonds. The van der Waals surface area contributed by atoms with E-state index >= 15 is 0 Å². The minimum Gasteiger partial charge on any atom is -0.460 e. The Morgan fingerprint density at radius 1 is 1.20 bits per heavy atom. The fourth-order valence-corrected chi connectivity index (χ4v) is 4.34. The van der Waals surface area contributed by atoms with Gasteiger partial charge < -0.3 is 10.1 Å². The van der Waals surface area contributed by atoms with Gasteiger partial charge in [0.25, 0.3) is 5.91 Å². The first-order valence-electron chi connectivity index (χ1n) is 7.77. The Balaban J connectivity index is 1.40. The summed E-state index contributed by atoms with van der Waals surface area (Å²) in [7, 11) is 0. The van der Waals surface area contributed by atoms with Crippen LogP contribution in [-0.4, -0.2) is 18.4 Å². The van der Waals surface area contributed by atoms with Gasteiger partial charge in [0.1, 0.15) is 6.61 Å². The van der Waals surface area contributed by atoms with Crippen molar-refractivity contribution in [3.63, 3.8) is 0 Å². The van der Waals surface area contributed by atoms with Gasteiger partial charge in [-0.05, 0) is 23.9 Å². The molecule has 1 aromatic carbocycles. The number of carbonyl (C=O) groups is 2. The number of halogens is 1. The summed E-state index contributed by atoms with van der Waals surface area (Å²) in [5, 5.41) is 8.06. The van der Waals surface area contributed by atoms with E-state index in [1.54, 1.807) is 11.4 Å². The molecule has 0 saturated carbocycles. The van der Waals surface area contributed by atoms with Crippen molar-refractivity contribution in [2.45, 2.75) is 19.4 Å². The fourth-order valence-electron chi connectivity index (χ4n) is 2.31. The number of thiophene rings is 2. The first-order chi connectivity index (χ1) is 12.1. The zero-order valence-electron chi connectivity index (χ0n) is 13.3. The van der Waals surface area contributed by atoms with Crippen LogP contribution in [0.2, 0.25) is 5.02 Å². The smallest absolute Gasteiger partial charge is 0.306 e. The molecule has 0 aliphatic carbocycles. The van der Waals surface area contributed by atoms with Crippen LogP contribution in [0.4, 0.5) is 0 Å². The average Bonchev–Trinajstić information content (AvgIpc) is 3.26. The summed E-state index contributed by atoms with van der Waals surface area (Å²) in [5.41, 5.74) is 0.645. The Morgan fingerprint density at radius 3 is 2.80 bits per heavy atom. The maximum atomic E-state index is 11.8. The highest BCUT2D eigenvalue weighted by atomic mass is 35.5. The van der Waals surface area contributed by atoms with E-state index in [0.29, 0.717) is 23.6 Å². The Hall–Kier alpha value is -1.89. The molecule has 0 atom stereocenters. The third-order valence-corrected chi connectivity index (χ3v) is 5.96. The highest BCUT2D eigenvalue weighted by Crippen LogP contribution is 2.35. The molecule has 3 rings (SSSR count). The fraction of sp³-hybridized carbons (Fsp3) is 0.222.